The van der Waals surface area contributed by atoms with Gasteiger partial charge in [0.15, 0.2) is 5.78 Å². The van der Waals surface area contributed by atoms with Crippen LogP contribution in [0.15, 0.2) is 18.2 Å². The molecule has 35 heavy (non-hydrogen) atoms. The lowest BCUT2D eigenvalue weighted by atomic mass is 9.79. The average Bonchev–Trinajstić information content (AvgIpc) is 3.37. The Bertz CT molecular complexity index is 982. The number of nitrogens with two attached hydrogens (primary N) is 1. The molecule has 3 fully saturated rings. The molecule has 0 aromatic heterocycles. The van der Waals surface area contributed by atoms with E-state index in [0.717, 1.165) is 31.9 Å². The summed E-state index contributed by atoms with van der Waals surface area (Å²) in [6.07, 6.45) is -0.323. The molecule has 3 saturated heterocycles. The van der Waals surface area contributed by atoms with Gasteiger partial charge >= 0.3 is 0 Å². The standard InChI is InChI=1S/C26H38N4O5/c1-26(2,3)13-19(25(33)30-14-21(34-5)23-22(30)20(31)15-35-23)18-12-16(6-7-17(18)24(27)32)29-10-8-28(4)9-11-29/h6-7,12,19,21-23H,8-11,13-15H2,1-5H3,(H2,27,32)/t19-,21+,22+,23+/m0/s1. The van der Waals surface area contributed by atoms with Gasteiger partial charge in [-0.15, -0.1) is 0 Å². The molecule has 0 aliphatic carbocycles. The van der Waals surface area contributed by atoms with Gasteiger partial charge in [0.1, 0.15) is 24.9 Å². The van der Waals surface area contributed by atoms with Gasteiger partial charge in [-0.05, 0) is 42.6 Å². The number of hydrogen-bond acceptors (Lipinski definition) is 7. The topological polar surface area (TPSA) is 105 Å². The number of carbonyl (C=O) groups excluding carboxylic acids is 3. The quantitative estimate of drug-likeness (QED) is 0.645. The van der Waals surface area contributed by atoms with Crippen molar-refractivity contribution < 1.29 is 23.9 Å². The zero-order chi connectivity index (χ0) is 25.5. The Hall–Kier alpha value is -2.49. The van der Waals surface area contributed by atoms with Crippen LogP contribution in [0.1, 0.15) is 49.0 Å². The molecule has 0 unspecified atom stereocenters. The van der Waals surface area contributed by atoms with Gasteiger partial charge < -0.3 is 29.9 Å². The minimum Gasteiger partial charge on any atom is -0.377 e. The molecule has 4 rings (SSSR count). The van der Waals surface area contributed by atoms with Crippen LogP contribution in [0, 0.1) is 5.41 Å². The Labute approximate surface area is 207 Å². The Morgan fingerprint density at radius 2 is 1.89 bits per heavy atom. The summed E-state index contributed by atoms with van der Waals surface area (Å²) >= 11 is 0. The second kappa shape index (κ2) is 9.87. The van der Waals surface area contributed by atoms with Gasteiger partial charge in [0.05, 0.1) is 12.5 Å². The maximum Gasteiger partial charge on any atom is 0.249 e. The second-order valence-electron chi connectivity index (χ2n) is 11.2. The average molecular weight is 487 g/mol. The van der Waals surface area contributed by atoms with E-state index in [1.807, 2.05) is 12.1 Å². The summed E-state index contributed by atoms with van der Waals surface area (Å²) in [5.41, 5.74) is 7.52. The number of benzene rings is 1. The van der Waals surface area contributed by atoms with Crippen molar-refractivity contribution in [1.82, 2.24) is 9.80 Å². The molecule has 9 heteroatoms. The number of ether oxygens (including phenoxy) is 2. The Morgan fingerprint density at radius 3 is 2.49 bits per heavy atom. The van der Waals surface area contributed by atoms with E-state index in [1.54, 1.807) is 18.1 Å². The number of carbonyl (C=O) groups is 3. The molecule has 3 aliphatic rings. The molecule has 0 saturated carbocycles. The zero-order valence-electron chi connectivity index (χ0n) is 21.5. The minimum atomic E-state index is -0.659. The van der Waals surface area contributed by atoms with E-state index in [0.29, 0.717) is 17.5 Å². The molecule has 0 radical (unpaired) electrons. The molecule has 9 nitrogen and oxygen atoms in total. The van der Waals surface area contributed by atoms with Crippen molar-refractivity contribution in [2.75, 3.05) is 58.4 Å². The van der Waals surface area contributed by atoms with Gasteiger partial charge in [0.2, 0.25) is 11.8 Å². The van der Waals surface area contributed by atoms with Crippen LogP contribution in [0.5, 0.6) is 0 Å². The highest BCUT2D eigenvalue weighted by molar-refractivity contribution is 5.99. The molecular weight excluding hydrogens is 448 g/mol. The summed E-state index contributed by atoms with van der Waals surface area (Å²) in [7, 11) is 3.67. The third-order valence-corrected chi connectivity index (χ3v) is 7.38. The number of nitrogens with zero attached hydrogens (tertiary/aromatic N) is 3. The summed E-state index contributed by atoms with van der Waals surface area (Å²) < 4.78 is 11.2. The number of anilines is 1. The SMILES string of the molecule is CO[C@@H]1CN(C(=O)[C@@H](CC(C)(C)C)c2cc(N3CCN(C)CC3)ccc2C(N)=O)[C@@H]2C(=O)CO[C@@H]21. The van der Waals surface area contributed by atoms with Crippen LogP contribution < -0.4 is 10.6 Å². The van der Waals surface area contributed by atoms with Crippen molar-refractivity contribution in [3.05, 3.63) is 29.3 Å². The molecule has 2 N–H and O–H groups in total. The molecule has 3 heterocycles. The number of hydrogen-bond donors (Lipinski definition) is 1. The number of piperazine rings is 1. The van der Waals surface area contributed by atoms with Crippen molar-refractivity contribution in [3.63, 3.8) is 0 Å². The van der Waals surface area contributed by atoms with E-state index in [-0.39, 0.29) is 36.4 Å². The van der Waals surface area contributed by atoms with E-state index in [1.165, 1.54) is 0 Å². The fourth-order valence-corrected chi connectivity index (χ4v) is 5.51. The number of likely N-dealkylation sites (N-methyl/N-ethyl adjacent to an activating group) is 1. The molecule has 1 aromatic rings. The predicted molar refractivity (Wildman–Crippen MR) is 133 cm³/mol. The summed E-state index contributed by atoms with van der Waals surface area (Å²) in [6.45, 7) is 10.1. The lowest BCUT2D eigenvalue weighted by Crippen LogP contribution is -2.45. The highest BCUT2D eigenvalue weighted by atomic mass is 16.5. The van der Waals surface area contributed by atoms with Crippen LogP contribution in [0.4, 0.5) is 5.69 Å². The van der Waals surface area contributed by atoms with Crippen LogP contribution in [0.3, 0.4) is 0 Å². The summed E-state index contributed by atoms with van der Waals surface area (Å²) in [4.78, 5) is 45.5. The Balaban J connectivity index is 1.74. The number of likely N-dealkylation sites (tertiary alicyclic amines) is 1. The predicted octanol–water partition coefficient (Wildman–Crippen LogP) is 1.25. The zero-order valence-corrected chi connectivity index (χ0v) is 21.5. The fraction of sp³-hybridized carbons (Fsp3) is 0.654. The number of amides is 2. The van der Waals surface area contributed by atoms with Crippen molar-refractivity contribution in [2.24, 2.45) is 11.1 Å². The lowest BCUT2D eigenvalue weighted by Gasteiger charge is -2.35. The van der Waals surface area contributed by atoms with Gasteiger partial charge in [0, 0.05) is 44.5 Å². The van der Waals surface area contributed by atoms with Crippen molar-refractivity contribution in [1.29, 1.82) is 0 Å². The normalized spacial score (nSPS) is 26.2. The van der Waals surface area contributed by atoms with Crippen LogP contribution in [0.2, 0.25) is 0 Å². The van der Waals surface area contributed by atoms with E-state index in [2.05, 4.69) is 37.6 Å². The van der Waals surface area contributed by atoms with Crippen LogP contribution in [-0.2, 0) is 19.1 Å². The maximum absolute atomic E-state index is 14.2. The first-order valence-electron chi connectivity index (χ1n) is 12.3. The molecule has 4 atom stereocenters. The first-order chi connectivity index (χ1) is 16.5. The largest absolute Gasteiger partial charge is 0.377 e. The molecule has 3 aliphatic heterocycles. The van der Waals surface area contributed by atoms with Crippen LogP contribution >= 0.6 is 0 Å². The van der Waals surface area contributed by atoms with Crippen molar-refractivity contribution in [2.45, 2.75) is 51.4 Å². The lowest BCUT2D eigenvalue weighted by molar-refractivity contribution is -0.138. The third kappa shape index (κ3) is 5.22. The third-order valence-electron chi connectivity index (χ3n) is 7.38. The van der Waals surface area contributed by atoms with E-state index >= 15 is 0 Å². The van der Waals surface area contributed by atoms with Gasteiger partial charge in [-0.25, -0.2) is 0 Å². The first kappa shape index (κ1) is 25.6. The van der Waals surface area contributed by atoms with E-state index in [4.69, 9.17) is 15.2 Å². The Morgan fingerprint density at radius 1 is 1.20 bits per heavy atom. The summed E-state index contributed by atoms with van der Waals surface area (Å²) in [5.74, 6) is -1.49. The highest BCUT2D eigenvalue weighted by Crippen LogP contribution is 2.39. The second-order valence-corrected chi connectivity index (χ2v) is 11.2. The first-order valence-corrected chi connectivity index (χ1v) is 12.3. The molecule has 2 amide bonds. The number of methoxy groups -OCH3 is 1. The minimum absolute atomic E-state index is 0.0195. The monoisotopic (exact) mass is 486 g/mol. The van der Waals surface area contributed by atoms with Gasteiger partial charge in [-0.1, -0.05) is 20.8 Å². The van der Waals surface area contributed by atoms with Crippen LogP contribution in [-0.4, -0.2) is 99.1 Å². The van der Waals surface area contributed by atoms with Crippen molar-refractivity contribution in [3.8, 4) is 0 Å². The van der Waals surface area contributed by atoms with Gasteiger partial charge in [0.25, 0.3) is 0 Å². The number of Topliss-reactive ketones (excluding diaryl/α,β-unsaturated/α-hetero) is 1. The van der Waals surface area contributed by atoms with Crippen LogP contribution in [0.25, 0.3) is 0 Å². The number of fused-ring (bicyclic) bond motifs is 1. The van der Waals surface area contributed by atoms with Gasteiger partial charge in [-0.2, -0.15) is 0 Å². The number of ketones is 1. The highest BCUT2D eigenvalue weighted by Gasteiger charge is 2.53. The molecule has 0 bridgehead atoms. The van der Waals surface area contributed by atoms with E-state index < -0.39 is 24.0 Å². The summed E-state index contributed by atoms with van der Waals surface area (Å²) in [6, 6.07) is 4.94. The smallest absolute Gasteiger partial charge is 0.249 e. The molecule has 0 spiro atoms. The molecule has 1 aromatic carbocycles. The van der Waals surface area contributed by atoms with E-state index in [9.17, 15) is 14.4 Å². The van der Waals surface area contributed by atoms with Gasteiger partial charge in [-0.3, -0.25) is 14.4 Å². The maximum atomic E-state index is 14.2. The van der Waals surface area contributed by atoms with Crippen molar-refractivity contribution >= 4 is 23.3 Å². The molecule has 192 valence electrons. The summed E-state index contributed by atoms with van der Waals surface area (Å²) in [5, 5.41) is 0. The molecular formula is C26H38N4O5. The fourth-order valence-electron chi connectivity index (χ4n) is 5.51. The number of rotatable bonds is 6. The Kier molecular flexibility index (Phi) is 7.22. The number of primary amides is 1.